The van der Waals surface area contributed by atoms with Crippen LogP contribution in [0.4, 0.5) is 0 Å². The summed E-state index contributed by atoms with van der Waals surface area (Å²) in [5.41, 5.74) is 0.433. The van der Waals surface area contributed by atoms with Crippen molar-refractivity contribution in [3.05, 3.63) is 28.2 Å². The standard InChI is InChI=1S/C12H14BrNO3S/c1-2-18(15,16)7-3-6-17-12-5-4-11(13)8-10(12)9-14/h4-5,8H,2-3,6-7H2,1H3. The Morgan fingerprint density at radius 1 is 1.44 bits per heavy atom. The number of ether oxygens (including phenoxy) is 1. The normalized spacial score (nSPS) is 10.9. The molecule has 98 valence electrons. The number of halogens is 1. The van der Waals surface area contributed by atoms with E-state index in [1.165, 1.54) is 0 Å². The number of hydrogen-bond donors (Lipinski definition) is 0. The lowest BCUT2D eigenvalue weighted by Gasteiger charge is -2.08. The van der Waals surface area contributed by atoms with Crippen LogP contribution >= 0.6 is 15.9 Å². The molecule has 6 heteroatoms. The van der Waals surface area contributed by atoms with Crippen LogP contribution in [0.5, 0.6) is 5.75 Å². The van der Waals surface area contributed by atoms with Crippen molar-refractivity contribution in [1.29, 1.82) is 5.26 Å². The fourth-order valence-corrected chi connectivity index (χ4v) is 2.53. The van der Waals surface area contributed by atoms with Crippen LogP contribution in [-0.4, -0.2) is 26.5 Å². The SMILES string of the molecule is CCS(=O)(=O)CCCOc1ccc(Br)cc1C#N. The first-order valence-electron chi connectivity index (χ1n) is 5.51. The molecule has 0 atom stereocenters. The van der Waals surface area contributed by atoms with E-state index in [1.54, 1.807) is 25.1 Å². The average Bonchev–Trinajstić information content (AvgIpc) is 2.36. The number of sulfone groups is 1. The summed E-state index contributed by atoms with van der Waals surface area (Å²) in [4.78, 5) is 0. The first kappa shape index (κ1) is 15.0. The second-order valence-electron chi connectivity index (χ2n) is 3.69. The molecule has 1 aromatic rings. The first-order chi connectivity index (χ1) is 8.48. The molecule has 0 amide bonds. The summed E-state index contributed by atoms with van der Waals surface area (Å²) in [6.45, 7) is 1.91. The first-order valence-corrected chi connectivity index (χ1v) is 8.13. The van der Waals surface area contributed by atoms with Crippen molar-refractivity contribution in [3.63, 3.8) is 0 Å². The highest BCUT2D eigenvalue weighted by Crippen LogP contribution is 2.22. The van der Waals surface area contributed by atoms with E-state index in [4.69, 9.17) is 10.00 Å². The lowest BCUT2D eigenvalue weighted by Crippen LogP contribution is -2.12. The average molecular weight is 332 g/mol. The highest BCUT2D eigenvalue weighted by molar-refractivity contribution is 9.10. The number of rotatable bonds is 6. The van der Waals surface area contributed by atoms with Crippen LogP contribution in [0.25, 0.3) is 0 Å². The molecule has 0 saturated heterocycles. The molecule has 18 heavy (non-hydrogen) atoms. The summed E-state index contributed by atoms with van der Waals surface area (Å²) in [7, 11) is -2.95. The minimum absolute atomic E-state index is 0.113. The van der Waals surface area contributed by atoms with Gasteiger partial charge in [0.05, 0.1) is 17.9 Å². The number of hydrogen-bond acceptors (Lipinski definition) is 4. The van der Waals surface area contributed by atoms with E-state index in [2.05, 4.69) is 15.9 Å². The maximum absolute atomic E-state index is 11.3. The van der Waals surface area contributed by atoms with Crippen LogP contribution in [-0.2, 0) is 9.84 Å². The van der Waals surface area contributed by atoms with E-state index < -0.39 is 9.84 Å². The molecule has 0 spiro atoms. The Hall–Kier alpha value is -1.06. The third kappa shape index (κ3) is 4.67. The van der Waals surface area contributed by atoms with Gasteiger partial charge in [-0.2, -0.15) is 5.26 Å². The van der Waals surface area contributed by atoms with Gasteiger partial charge in [0.2, 0.25) is 0 Å². The monoisotopic (exact) mass is 331 g/mol. The molecule has 0 bridgehead atoms. The van der Waals surface area contributed by atoms with Crippen molar-refractivity contribution in [2.24, 2.45) is 0 Å². The van der Waals surface area contributed by atoms with Crippen LogP contribution in [0.2, 0.25) is 0 Å². The lowest BCUT2D eigenvalue weighted by atomic mass is 10.2. The Morgan fingerprint density at radius 2 is 2.17 bits per heavy atom. The minimum Gasteiger partial charge on any atom is -0.492 e. The predicted molar refractivity (Wildman–Crippen MR) is 73.3 cm³/mol. The molecule has 0 heterocycles. The maximum Gasteiger partial charge on any atom is 0.150 e. The van der Waals surface area contributed by atoms with Gasteiger partial charge in [0.25, 0.3) is 0 Å². The molecule has 0 aromatic heterocycles. The Balaban J connectivity index is 2.53. The largest absolute Gasteiger partial charge is 0.492 e. The van der Waals surface area contributed by atoms with E-state index in [9.17, 15) is 8.42 Å². The summed E-state index contributed by atoms with van der Waals surface area (Å²) in [5.74, 6) is 0.742. The second-order valence-corrected chi connectivity index (χ2v) is 7.08. The smallest absolute Gasteiger partial charge is 0.150 e. The zero-order valence-corrected chi connectivity index (χ0v) is 12.4. The summed E-state index contributed by atoms with van der Waals surface area (Å²) >= 11 is 3.27. The van der Waals surface area contributed by atoms with Gasteiger partial charge in [-0.05, 0) is 24.6 Å². The minimum atomic E-state index is -2.95. The van der Waals surface area contributed by atoms with Crippen molar-refractivity contribution in [3.8, 4) is 11.8 Å². The van der Waals surface area contributed by atoms with Crippen molar-refractivity contribution in [2.45, 2.75) is 13.3 Å². The highest BCUT2D eigenvalue weighted by atomic mass is 79.9. The number of benzene rings is 1. The molecule has 0 radical (unpaired) electrons. The molecular weight excluding hydrogens is 318 g/mol. The van der Waals surface area contributed by atoms with Gasteiger partial charge in [0.15, 0.2) is 0 Å². The maximum atomic E-state index is 11.3. The van der Waals surface area contributed by atoms with Crippen LogP contribution < -0.4 is 4.74 Å². The molecular formula is C12H14BrNO3S. The zero-order chi connectivity index (χ0) is 13.6. The van der Waals surface area contributed by atoms with Crippen molar-refractivity contribution >= 4 is 25.8 Å². The molecule has 4 nitrogen and oxygen atoms in total. The summed E-state index contributed by atoms with van der Waals surface area (Å²) < 4.78 is 28.7. The van der Waals surface area contributed by atoms with Gasteiger partial charge in [-0.15, -0.1) is 0 Å². The van der Waals surface area contributed by atoms with Crippen molar-refractivity contribution in [2.75, 3.05) is 18.1 Å². The quantitative estimate of drug-likeness (QED) is 0.751. The van der Waals surface area contributed by atoms with Gasteiger partial charge in [-0.3, -0.25) is 0 Å². The van der Waals surface area contributed by atoms with Crippen molar-refractivity contribution < 1.29 is 13.2 Å². The molecule has 1 aromatic carbocycles. The van der Waals surface area contributed by atoms with Gasteiger partial charge in [-0.1, -0.05) is 22.9 Å². The van der Waals surface area contributed by atoms with Gasteiger partial charge < -0.3 is 4.74 Å². The lowest BCUT2D eigenvalue weighted by molar-refractivity contribution is 0.317. The second kappa shape index (κ2) is 6.76. The fourth-order valence-electron chi connectivity index (χ4n) is 1.32. The van der Waals surface area contributed by atoms with Gasteiger partial charge in [0.1, 0.15) is 21.7 Å². The molecule has 0 aliphatic heterocycles. The van der Waals surface area contributed by atoms with E-state index in [0.29, 0.717) is 17.7 Å². The fraction of sp³-hybridized carbons (Fsp3) is 0.417. The molecule has 1 rings (SSSR count). The zero-order valence-electron chi connectivity index (χ0n) is 10.0. The molecule has 0 unspecified atom stereocenters. The van der Waals surface area contributed by atoms with E-state index in [-0.39, 0.29) is 18.1 Å². The molecule has 0 N–H and O–H groups in total. The topological polar surface area (TPSA) is 67.2 Å². The Bertz CT molecular complexity index is 549. The third-order valence-corrected chi connectivity index (χ3v) is 4.64. The van der Waals surface area contributed by atoms with Gasteiger partial charge >= 0.3 is 0 Å². The van der Waals surface area contributed by atoms with Crippen LogP contribution in [0.15, 0.2) is 22.7 Å². The molecule has 0 aliphatic carbocycles. The predicted octanol–water partition coefficient (Wildman–Crippen LogP) is 2.52. The number of nitrogens with zero attached hydrogens (tertiary/aromatic N) is 1. The number of nitriles is 1. The van der Waals surface area contributed by atoms with Crippen LogP contribution in [0, 0.1) is 11.3 Å². The van der Waals surface area contributed by atoms with Gasteiger partial charge in [-0.25, -0.2) is 8.42 Å². The van der Waals surface area contributed by atoms with Crippen LogP contribution in [0.3, 0.4) is 0 Å². The summed E-state index contributed by atoms with van der Waals surface area (Å²) in [5, 5.41) is 8.92. The van der Waals surface area contributed by atoms with Gasteiger partial charge in [0, 0.05) is 10.2 Å². The third-order valence-electron chi connectivity index (χ3n) is 2.36. The Labute approximate surface area is 116 Å². The highest BCUT2D eigenvalue weighted by Gasteiger charge is 2.08. The Morgan fingerprint density at radius 3 is 2.78 bits per heavy atom. The summed E-state index contributed by atoms with van der Waals surface area (Å²) in [6.07, 6.45) is 0.428. The molecule has 0 fully saturated rings. The molecule has 0 aliphatic rings. The summed E-state index contributed by atoms with van der Waals surface area (Å²) in [6, 6.07) is 7.16. The Kier molecular flexibility index (Phi) is 5.63. The van der Waals surface area contributed by atoms with E-state index >= 15 is 0 Å². The van der Waals surface area contributed by atoms with E-state index in [0.717, 1.165) is 4.47 Å². The van der Waals surface area contributed by atoms with Crippen molar-refractivity contribution in [1.82, 2.24) is 0 Å². The molecule has 0 saturated carbocycles. The van der Waals surface area contributed by atoms with E-state index in [1.807, 2.05) is 6.07 Å². The van der Waals surface area contributed by atoms with Crippen LogP contribution in [0.1, 0.15) is 18.9 Å².